The number of hydrogen-bond acceptors (Lipinski definition) is 5. The second-order valence-corrected chi connectivity index (χ2v) is 8.48. The highest BCUT2D eigenvalue weighted by atomic mass is 32.2. The van der Waals surface area contributed by atoms with Crippen LogP contribution in [0.3, 0.4) is 0 Å². The summed E-state index contributed by atoms with van der Waals surface area (Å²) in [6.45, 7) is 2.25. The minimum atomic E-state index is -3.61. The van der Waals surface area contributed by atoms with Crippen LogP contribution in [-0.4, -0.2) is 29.3 Å². The standard InChI is InChI=1S/C17H20N4O3S2/c1-3-13-6-8-14(9-7-13)26(23,24)18-10-11-21-17(22)20(2)16(19-21)15-5-4-12-25-15/h4-9,12,18H,3,10-11H2,1-2H3. The van der Waals surface area contributed by atoms with Gasteiger partial charge in [-0.25, -0.2) is 22.6 Å². The fourth-order valence-electron chi connectivity index (χ4n) is 2.53. The zero-order valence-electron chi connectivity index (χ0n) is 14.5. The minimum Gasteiger partial charge on any atom is -0.277 e. The third kappa shape index (κ3) is 3.79. The van der Waals surface area contributed by atoms with E-state index in [0.29, 0.717) is 5.82 Å². The van der Waals surface area contributed by atoms with E-state index in [0.717, 1.165) is 16.9 Å². The predicted molar refractivity (Wildman–Crippen MR) is 102 cm³/mol. The summed E-state index contributed by atoms with van der Waals surface area (Å²) in [5, 5.41) is 6.22. The van der Waals surface area contributed by atoms with Crippen molar-refractivity contribution in [2.75, 3.05) is 6.54 Å². The first kappa shape index (κ1) is 18.6. The first-order valence-corrected chi connectivity index (χ1v) is 10.5. The largest absolute Gasteiger partial charge is 0.345 e. The van der Waals surface area contributed by atoms with E-state index in [9.17, 15) is 13.2 Å². The van der Waals surface area contributed by atoms with Gasteiger partial charge in [0.1, 0.15) is 0 Å². The van der Waals surface area contributed by atoms with Crippen molar-refractivity contribution in [1.29, 1.82) is 0 Å². The number of benzene rings is 1. The van der Waals surface area contributed by atoms with Gasteiger partial charge in [-0.3, -0.25) is 4.57 Å². The number of aromatic nitrogens is 3. The number of aryl methyl sites for hydroxylation is 1. The number of thiophene rings is 1. The molecule has 0 bridgehead atoms. The van der Waals surface area contributed by atoms with Crippen molar-refractivity contribution in [3.05, 3.63) is 57.8 Å². The van der Waals surface area contributed by atoms with E-state index in [1.54, 1.807) is 31.3 Å². The lowest BCUT2D eigenvalue weighted by Gasteiger charge is -2.07. The first-order chi connectivity index (χ1) is 12.4. The van der Waals surface area contributed by atoms with Gasteiger partial charge in [0.25, 0.3) is 0 Å². The molecule has 0 aliphatic heterocycles. The van der Waals surface area contributed by atoms with Crippen LogP contribution in [0.4, 0.5) is 0 Å². The Morgan fingerprint density at radius 3 is 2.54 bits per heavy atom. The molecule has 1 N–H and O–H groups in total. The second kappa shape index (κ2) is 7.56. The Bertz CT molecular complexity index is 1030. The highest BCUT2D eigenvalue weighted by Crippen LogP contribution is 2.20. The molecule has 0 aliphatic carbocycles. The molecule has 0 unspecified atom stereocenters. The molecule has 0 fully saturated rings. The van der Waals surface area contributed by atoms with Gasteiger partial charge in [-0.05, 0) is 35.6 Å². The van der Waals surface area contributed by atoms with Crippen molar-refractivity contribution >= 4 is 21.4 Å². The van der Waals surface area contributed by atoms with Crippen LogP contribution in [0.2, 0.25) is 0 Å². The number of nitrogens with one attached hydrogen (secondary N) is 1. The van der Waals surface area contributed by atoms with Gasteiger partial charge in [-0.1, -0.05) is 25.1 Å². The molecular formula is C17H20N4O3S2. The van der Waals surface area contributed by atoms with Gasteiger partial charge in [-0.15, -0.1) is 16.4 Å². The quantitative estimate of drug-likeness (QED) is 0.665. The maximum atomic E-state index is 12.3. The molecule has 138 valence electrons. The van der Waals surface area contributed by atoms with E-state index in [-0.39, 0.29) is 23.7 Å². The zero-order valence-corrected chi connectivity index (χ0v) is 16.2. The summed E-state index contributed by atoms with van der Waals surface area (Å²) in [6, 6.07) is 10.5. The van der Waals surface area contributed by atoms with Crippen LogP contribution < -0.4 is 10.4 Å². The monoisotopic (exact) mass is 392 g/mol. The molecule has 0 aliphatic rings. The summed E-state index contributed by atoms with van der Waals surface area (Å²) >= 11 is 1.49. The van der Waals surface area contributed by atoms with Gasteiger partial charge in [0.15, 0.2) is 5.82 Å². The van der Waals surface area contributed by atoms with Crippen molar-refractivity contribution < 1.29 is 8.42 Å². The molecule has 0 spiro atoms. The minimum absolute atomic E-state index is 0.0820. The summed E-state index contributed by atoms with van der Waals surface area (Å²) in [6.07, 6.45) is 0.850. The maximum Gasteiger partial charge on any atom is 0.345 e. The Morgan fingerprint density at radius 1 is 1.19 bits per heavy atom. The lowest BCUT2D eigenvalue weighted by Crippen LogP contribution is -2.31. The molecular weight excluding hydrogens is 372 g/mol. The Kier molecular flexibility index (Phi) is 5.40. The van der Waals surface area contributed by atoms with E-state index in [1.165, 1.54) is 20.6 Å². The molecule has 7 nitrogen and oxygen atoms in total. The van der Waals surface area contributed by atoms with Crippen molar-refractivity contribution in [3.8, 4) is 10.7 Å². The molecule has 9 heteroatoms. The molecule has 26 heavy (non-hydrogen) atoms. The summed E-state index contributed by atoms with van der Waals surface area (Å²) in [5.41, 5.74) is 0.796. The molecule has 0 saturated heterocycles. The summed E-state index contributed by atoms with van der Waals surface area (Å²) < 4.78 is 29.9. The maximum absolute atomic E-state index is 12.3. The van der Waals surface area contributed by atoms with Gasteiger partial charge >= 0.3 is 5.69 Å². The number of rotatable bonds is 7. The van der Waals surface area contributed by atoms with Crippen LogP contribution in [0.5, 0.6) is 0 Å². The van der Waals surface area contributed by atoms with Crippen LogP contribution in [0, 0.1) is 0 Å². The van der Waals surface area contributed by atoms with Gasteiger partial charge in [0.2, 0.25) is 10.0 Å². The van der Waals surface area contributed by atoms with Gasteiger partial charge in [0.05, 0.1) is 16.3 Å². The fraction of sp³-hybridized carbons (Fsp3) is 0.294. The van der Waals surface area contributed by atoms with Crippen LogP contribution in [-0.2, 0) is 30.0 Å². The van der Waals surface area contributed by atoms with E-state index < -0.39 is 10.0 Å². The molecule has 2 heterocycles. The topological polar surface area (TPSA) is 86.0 Å². The Hall–Kier alpha value is -2.23. The molecule has 0 atom stereocenters. The lowest BCUT2D eigenvalue weighted by atomic mass is 10.2. The third-order valence-electron chi connectivity index (χ3n) is 4.04. The molecule has 0 radical (unpaired) electrons. The average Bonchev–Trinajstić information content (AvgIpc) is 3.26. The van der Waals surface area contributed by atoms with Crippen molar-refractivity contribution in [1.82, 2.24) is 19.1 Å². The first-order valence-electron chi connectivity index (χ1n) is 8.18. The highest BCUT2D eigenvalue weighted by molar-refractivity contribution is 7.89. The Balaban J connectivity index is 1.69. The van der Waals surface area contributed by atoms with Crippen LogP contribution >= 0.6 is 11.3 Å². The number of sulfonamides is 1. The number of nitrogens with zero attached hydrogens (tertiary/aromatic N) is 3. The molecule has 0 amide bonds. The molecule has 2 aromatic heterocycles. The molecule has 0 saturated carbocycles. The molecule has 1 aromatic carbocycles. The van der Waals surface area contributed by atoms with E-state index in [2.05, 4.69) is 9.82 Å². The Labute approximate surface area is 156 Å². The average molecular weight is 393 g/mol. The molecule has 3 rings (SSSR count). The normalized spacial score (nSPS) is 11.8. The SMILES string of the molecule is CCc1ccc(S(=O)(=O)NCCn2nc(-c3cccs3)n(C)c2=O)cc1. The fourth-order valence-corrected chi connectivity index (χ4v) is 4.29. The summed E-state index contributed by atoms with van der Waals surface area (Å²) in [7, 11) is -1.96. The van der Waals surface area contributed by atoms with Crippen molar-refractivity contribution in [2.45, 2.75) is 24.8 Å². The van der Waals surface area contributed by atoms with E-state index in [1.807, 2.05) is 24.4 Å². The molecule has 3 aromatic rings. The lowest BCUT2D eigenvalue weighted by molar-refractivity contribution is 0.551. The van der Waals surface area contributed by atoms with Crippen molar-refractivity contribution in [2.24, 2.45) is 7.05 Å². The van der Waals surface area contributed by atoms with Gasteiger partial charge < -0.3 is 0 Å². The zero-order chi connectivity index (χ0) is 18.7. The third-order valence-corrected chi connectivity index (χ3v) is 6.38. The van der Waals surface area contributed by atoms with E-state index in [4.69, 9.17) is 0 Å². The second-order valence-electron chi connectivity index (χ2n) is 5.76. The van der Waals surface area contributed by atoms with E-state index >= 15 is 0 Å². The van der Waals surface area contributed by atoms with Gasteiger partial charge in [0, 0.05) is 13.6 Å². The van der Waals surface area contributed by atoms with Crippen molar-refractivity contribution in [3.63, 3.8) is 0 Å². The predicted octanol–water partition coefficient (Wildman–Crippen LogP) is 1.85. The van der Waals surface area contributed by atoms with Crippen LogP contribution in [0.1, 0.15) is 12.5 Å². The number of hydrogen-bond donors (Lipinski definition) is 1. The Morgan fingerprint density at radius 2 is 1.92 bits per heavy atom. The summed E-state index contributed by atoms with van der Waals surface area (Å²) in [5.74, 6) is 0.572. The van der Waals surface area contributed by atoms with Gasteiger partial charge in [-0.2, -0.15) is 0 Å². The smallest absolute Gasteiger partial charge is 0.277 e. The van der Waals surface area contributed by atoms with Crippen LogP contribution in [0.15, 0.2) is 51.5 Å². The summed E-state index contributed by atoms with van der Waals surface area (Å²) in [4.78, 5) is 13.4. The van der Waals surface area contributed by atoms with Crippen LogP contribution in [0.25, 0.3) is 10.7 Å². The highest BCUT2D eigenvalue weighted by Gasteiger charge is 2.16.